The number of amides is 1. The minimum atomic E-state index is -0.498. The summed E-state index contributed by atoms with van der Waals surface area (Å²) in [6.45, 7) is 1.16. The zero-order valence-electron chi connectivity index (χ0n) is 14.0. The second kappa shape index (κ2) is 6.84. The summed E-state index contributed by atoms with van der Waals surface area (Å²) in [7, 11) is 0. The molecule has 2 heterocycles. The van der Waals surface area contributed by atoms with Crippen molar-refractivity contribution in [2.45, 2.75) is 18.8 Å². The van der Waals surface area contributed by atoms with Crippen LogP contribution in [0.2, 0.25) is 0 Å². The number of carbonyl (C=O) groups is 1. The van der Waals surface area contributed by atoms with Gasteiger partial charge in [0.25, 0.3) is 11.6 Å². The summed E-state index contributed by atoms with van der Waals surface area (Å²) in [5.74, 6) is -0.101. The Hall–Kier alpha value is -2.80. The van der Waals surface area contributed by atoms with E-state index in [0.29, 0.717) is 13.1 Å². The fourth-order valence-corrected chi connectivity index (χ4v) is 4.51. The molecule has 0 aliphatic carbocycles. The van der Waals surface area contributed by atoms with E-state index in [1.54, 1.807) is 28.4 Å². The molecule has 1 saturated heterocycles. The molecule has 0 N–H and O–H groups in total. The van der Waals surface area contributed by atoms with E-state index >= 15 is 0 Å². The Morgan fingerprint density at radius 3 is 2.77 bits per heavy atom. The highest BCUT2D eigenvalue weighted by Gasteiger charge is 2.30. The van der Waals surface area contributed by atoms with Crippen LogP contribution in [0.25, 0.3) is 10.2 Å². The van der Waals surface area contributed by atoms with Gasteiger partial charge in [-0.2, -0.15) is 0 Å². The van der Waals surface area contributed by atoms with Gasteiger partial charge in [-0.25, -0.2) is 4.98 Å². The molecule has 6 nitrogen and oxygen atoms in total. The summed E-state index contributed by atoms with van der Waals surface area (Å²) in [6.07, 6.45) is 1.84. The number of thiazole rings is 1. The van der Waals surface area contributed by atoms with Crippen LogP contribution in [0.1, 0.15) is 34.1 Å². The predicted molar refractivity (Wildman–Crippen MR) is 101 cm³/mol. The Bertz CT molecular complexity index is 952. The monoisotopic (exact) mass is 367 g/mol. The van der Waals surface area contributed by atoms with Crippen LogP contribution in [-0.2, 0) is 0 Å². The van der Waals surface area contributed by atoms with Crippen LogP contribution in [0, 0.1) is 10.1 Å². The van der Waals surface area contributed by atoms with E-state index in [1.807, 2.05) is 18.2 Å². The lowest BCUT2D eigenvalue weighted by molar-refractivity contribution is -0.385. The summed E-state index contributed by atoms with van der Waals surface area (Å²) in [5, 5.41) is 12.3. The molecule has 4 rings (SSSR count). The van der Waals surface area contributed by atoms with E-state index in [9.17, 15) is 14.9 Å². The molecule has 7 heteroatoms. The van der Waals surface area contributed by atoms with Gasteiger partial charge in [-0.15, -0.1) is 11.3 Å². The highest BCUT2D eigenvalue weighted by Crippen LogP contribution is 2.33. The fraction of sp³-hybridized carbons (Fsp3) is 0.263. The topological polar surface area (TPSA) is 76.3 Å². The fourth-order valence-electron chi connectivity index (χ4n) is 3.41. The molecule has 1 amide bonds. The van der Waals surface area contributed by atoms with Crippen molar-refractivity contribution in [1.82, 2.24) is 9.88 Å². The second-order valence-corrected chi connectivity index (χ2v) is 7.45. The van der Waals surface area contributed by atoms with E-state index in [1.165, 1.54) is 12.1 Å². The van der Waals surface area contributed by atoms with Gasteiger partial charge in [0.1, 0.15) is 5.56 Å². The number of likely N-dealkylation sites (tertiary alicyclic amines) is 1. The van der Waals surface area contributed by atoms with Gasteiger partial charge >= 0.3 is 0 Å². The number of piperidine rings is 1. The largest absolute Gasteiger partial charge is 0.338 e. The first-order valence-electron chi connectivity index (χ1n) is 8.51. The number of benzene rings is 2. The van der Waals surface area contributed by atoms with Crippen LogP contribution >= 0.6 is 11.3 Å². The number of hydrogen-bond acceptors (Lipinski definition) is 5. The average Bonchev–Trinajstić information content (AvgIpc) is 3.12. The lowest BCUT2D eigenvalue weighted by Crippen LogP contribution is -2.39. The minimum Gasteiger partial charge on any atom is -0.338 e. The van der Waals surface area contributed by atoms with E-state index in [0.717, 1.165) is 28.1 Å². The van der Waals surface area contributed by atoms with Crippen LogP contribution in [0.5, 0.6) is 0 Å². The van der Waals surface area contributed by atoms with Gasteiger partial charge in [0.05, 0.1) is 20.1 Å². The maximum Gasteiger partial charge on any atom is 0.282 e. The number of fused-ring (bicyclic) bond motifs is 1. The summed E-state index contributed by atoms with van der Waals surface area (Å²) >= 11 is 1.66. The Morgan fingerprint density at radius 2 is 1.96 bits per heavy atom. The lowest BCUT2D eigenvalue weighted by Gasteiger charge is -2.31. The molecule has 1 atom stereocenters. The van der Waals surface area contributed by atoms with Crippen molar-refractivity contribution in [3.8, 4) is 0 Å². The zero-order chi connectivity index (χ0) is 18.1. The SMILES string of the molecule is O=C(c1ccccc1[N+](=O)[O-])N1CCCC(c2nc3ccccc3s2)C1. The number of nitro benzene ring substituents is 1. The van der Waals surface area contributed by atoms with Crippen LogP contribution in [0.4, 0.5) is 5.69 Å². The molecule has 3 aromatic rings. The maximum atomic E-state index is 12.9. The van der Waals surface area contributed by atoms with Crippen molar-refractivity contribution < 1.29 is 9.72 Å². The summed E-state index contributed by atoms with van der Waals surface area (Å²) < 4.78 is 1.14. The highest BCUT2D eigenvalue weighted by atomic mass is 32.1. The van der Waals surface area contributed by atoms with E-state index < -0.39 is 4.92 Å². The maximum absolute atomic E-state index is 12.9. The number of nitro groups is 1. The van der Waals surface area contributed by atoms with Gasteiger partial charge in [0, 0.05) is 25.1 Å². The molecule has 0 bridgehead atoms. The van der Waals surface area contributed by atoms with Crippen LogP contribution in [0.15, 0.2) is 48.5 Å². The van der Waals surface area contributed by atoms with Crippen LogP contribution < -0.4 is 0 Å². The summed E-state index contributed by atoms with van der Waals surface area (Å²) in [5.41, 5.74) is 0.997. The Balaban J connectivity index is 1.59. The number of aromatic nitrogens is 1. The van der Waals surface area contributed by atoms with Crippen molar-refractivity contribution in [3.63, 3.8) is 0 Å². The average molecular weight is 367 g/mol. The first-order chi connectivity index (χ1) is 12.6. The third-order valence-corrected chi connectivity index (χ3v) is 5.90. The Kier molecular flexibility index (Phi) is 4.38. The predicted octanol–water partition coefficient (Wildman–Crippen LogP) is 4.22. The van der Waals surface area contributed by atoms with Gasteiger partial charge in [-0.1, -0.05) is 24.3 Å². The van der Waals surface area contributed by atoms with Crippen molar-refractivity contribution in [2.24, 2.45) is 0 Å². The van der Waals surface area contributed by atoms with Crippen molar-refractivity contribution in [1.29, 1.82) is 0 Å². The summed E-state index contributed by atoms with van der Waals surface area (Å²) in [6, 6.07) is 14.2. The standard InChI is InChI=1S/C19H17N3O3S/c23-19(14-7-1-3-9-16(14)22(24)25)21-11-5-6-13(12-21)18-20-15-8-2-4-10-17(15)26-18/h1-4,7-10,13H,5-6,11-12H2. The Labute approximate surface area is 154 Å². The first kappa shape index (κ1) is 16.7. The number of hydrogen-bond donors (Lipinski definition) is 0. The smallest absolute Gasteiger partial charge is 0.282 e. The van der Waals surface area contributed by atoms with E-state index in [2.05, 4.69) is 6.07 Å². The van der Waals surface area contributed by atoms with Gasteiger partial charge in [0.2, 0.25) is 0 Å². The van der Waals surface area contributed by atoms with Gasteiger partial charge in [-0.3, -0.25) is 14.9 Å². The lowest BCUT2D eigenvalue weighted by atomic mass is 9.97. The minimum absolute atomic E-state index is 0.139. The zero-order valence-corrected chi connectivity index (χ0v) is 14.8. The summed E-state index contributed by atoms with van der Waals surface area (Å²) in [4.78, 5) is 30.0. The molecule has 1 fully saturated rings. The molecular formula is C19H17N3O3S. The van der Waals surface area contributed by atoms with Crippen molar-refractivity contribution in [2.75, 3.05) is 13.1 Å². The van der Waals surface area contributed by atoms with Crippen LogP contribution in [-0.4, -0.2) is 33.8 Å². The molecular weight excluding hydrogens is 350 g/mol. The highest BCUT2D eigenvalue weighted by molar-refractivity contribution is 7.18. The van der Waals surface area contributed by atoms with E-state index in [4.69, 9.17) is 4.98 Å². The molecule has 1 aliphatic heterocycles. The molecule has 132 valence electrons. The molecule has 0 spiro atoms. The molecule has 1 aromatic heterocycles. The van der Waals surface area contributed by atoms with Gasteiger partial charge < -0.3 is 4.90 Å². The molecule has 26 heavy (non-hydrogen) atoms. The molecule has 1 unspecified atom stereocenters. The van der Waals surface area contributed by atoms with Gasteiger partial charge in [0.15, 0.2) is 0 Å². The van der Waals surface area contributed by atoms with Crippen molar-refractivity contribution in [3.05, 3.63) is 69.2 Å². The second-order valence-electron chi connectivity index (χ2n) is 6.38. The van der Waals surface area contributed by atoms with Crippen molar-refractivity contribution >= 4 is 33.1 Å². The molecule has 0 saturated carbocycles. The molecule has 2 aromatic carbocycles. The third kappa shape index (κ3) is 3.06. The molecule has 1 aliphatic rings. The normalized spacial score (nSPS) is 17.4. The number of rotatable bonds is 3. The Morgan fingerprint density at radius 1 is 1.19 bits per heavy atom. The molecule has 0 radical (unpaired) electrons. The van der Waals surface area contributed by atoms with Gasteiger partial charge in [-0.05, 0) is 31.0 Å². The number of carbonyl (C=O) groups excluding carboxylic acids is 1. The third-order valence-electron chi connectivity index (χ3n) is 4.70. The quantitative estimate of drug-likeness (QED) is 0.513. The van der Waals surface area contributed by atoms with Crippen LogP contribution in [0.3, 0.4) is 0 Å². The van der Waals surface area contributed by atoms with E-state index in [-0.39, 0.29) is 23.1 Å². The number of para-hydroxylation sites is 2. The first-order valence-corrected chi connectivity index (χ1v) is 9.33. The number of nitrogens with zero attached hydrogens (tertiary/aromatic N) is 3.